The lowest BCUT2D eigenvalue weighted by Crippen LogP contribution is -2.34. The predicted molar refractivity (Wildman–Crippen MR) is 82.8 cm³/mol. The third kappa shape index (κ3) is 2.93. The third-order valence-corrected chi connectivity index (χ3v) is 4.71. The topological polar surface area (TPSA) is 24.9 Å². The van der Waals surface area contributed by atoms with E-state index in [0.29, 0.717) is 17.1 Å². The van der Waals surface area contributed by atoms with Gasteiger partial charge in [-0.1, -0.05) is 41.9 Å². The number of halogens is 2. The third-order valence-electron chi connectivity index (χ3n) is 3.58. The van der Waals surface area contributed by atoms with E-state index in [4.69, 9.17) is 11.6 Å². The molecule has 0 aliphatic heterocycles. The SMILES string of the molecule is Clc1ncc(NC2CC(c3ccccc3)C2)cc1Br. The second-order valence-corrected chi connectivity index (χ2v) is 6.13. The number of nitrogens with zero attached hydrogens (tertiary/aromatic N) is 1. The van der Waals surface area contributed by atoms with Crippen LogP contribution in [0.15, 0.2) is 47.1 Å². The minimum absolute atomic E-state index is 0.501. The minimum atomic E-state index is 0.501. The van der Waals surface area contributed by atoms with Gasteiger partial charge >= 0.3 is 0 Å². The van der Waals surface area contributed by atoms with Crippen molar-refractivity contribution in [1.82, 2.24) is 4.98 Å². The van der Waals surface area contributed by atoms with Gasteiger partial charge in [-0.15, -0.1) is 0 Å². The largest absolute Gasteiger partial charge is 0.381 e. The summed E-state index contributed by atoms with van der Waals surface area (Å²) < 4.78 is 0.832. The van der Waals surface area contributed by atoms with E-state index in [1.165, 1.54) is 18.4 Å². The monoisotopic (exact) mass is 336 g/mol. The Hall–Kier alpha value is -1.06. The maximum absolute atomic E-state index is 5.88. The molecule has 1 saturated carbocycles. The van der Waals surface area contributed by atoms with E-state index in [-0.39, 0.29) is 0 Å². The van der Waals surface area contributed by atoms with Crippen molar-refractivity contribution in [3.05, 3.63) is 57.8 Å². The summed E-state index contributed by atoms with van der Waals surface area (Å²) in [7, 11) is 0. The van der Waals surface area contributed by atoms with Crippen molar-refractivity contribution in [1.29, 1.82) is 0 Å². The van der Waals surface area contributed by atoms with Gasteiger partial charge in [0.25, 0.3) is 0 Å². The van der Waals surface area contributed by atoms with Crippen LogP contribution in [0.25, 0.3) is 0 Å². The number of aromatic nitrogens is 1. The smallest absolute Gasteiger partial charge is 0.143 e. The Morgan fingerprint density at radius 1 is 1.21 bits per heavy atom. The van der Waals surface area contributed by atoms with Gasteiger partial charge < -0.3 is 5.32 Å². The Labute approximate surface area is 126 Å². The van der Waals surface area contributed by atoms with Crippen LogP contribution in [-0.4, -0.2) is 11.0 Å². The Balaban J connectivity index is 1.58. The molecule has 1 fully saturated rings. The fourth-order valence-corrected chi connectivity index (χ4v) is 2.92. The molecular weight excluding hydrogens is 324 g/mol. The first-order chi connectivity index (χ1) is 9.22. The van der Waals surface area contributed by atoms with Gasteiger partial charge in [0, 0.05) is 6.04 Å². The van der Waals surface area contributed by atoms with Crippen molar-refractivity contribution in [2.45, 2.75) is 24.8 Å². The molecule has 19 heavy (non-hydrogen) atoms. The maximum Gasteiger partial charge on any atom is 0.143 e. The minimum Gasteiger partial charge on any atom is -0.381 e. The van der Waals surface area contributed by atoms with Gasteiger partial charge in [0.05, 0.1) is 16.4 Å². The van der Waals surface area contributed by atoms with Gasteiger partial charge in [0.15, 0.2) is 0 Å². The average Bonchev–Trinajstić information content (AvgIpc) is 2.38. The van der Waals surface area contributed by atoms with E-state index >= 15 is 0 Å². The molecular formula is C15H14BrClN2. The summed E-state index contributed by atoms with van der Waals surface area (Å²) in [5.74, 6) is 0.683. The van der Waals surface area contributed by atoms with Crippen molar-refractivity contribution in [3.8, 4) is 0 Å². The summed E-state index contributed by atoms with van der Waals surface area (Å²) in [5.41, 5.74) is 2.46. The van der Waals surface area contributed by atoms with Crippen molar-refractivity contribution >= 4 is 33.2 Å². The molecule has 1 aliphatic rings. The molecule has 1 aromatic heterocycles. The molecule has 0 radical (unpaired) electrons. The molecule has 1 aliphatic carbocycles. The van der Waals surface area contributed by atoms with Crippen LogP contribution in [0.5, 0.6) is 0 Å². The van der Waals surface area contributed by atoms with Crippen molar-refractivity contribution in [2.24, 2.45) is 0 Å². The lowest BCUT2D eigenvalue weighted by molar-refractivity contribution is 0.374. The summed E-state index contributed by atoms with van der Waals surface area (Å²) in [6.45, 7) is 0. The van der Waals surface area contributed by atoms with Crippen LogP contribution < -0.4 is 5.32 Å². The standard InChI is InChI=1S/C15H14BrClN2/c16-14-8-13(9-18-15(14)17)19-12-6-11(7-12)10-4-2-1-3-5-10/h1-5,8-9,11-12,19H,6-7H2. The van der Waals surface area contributed by atoms with E-state index in [1.54, 1.807) is 6.20 Å². The number of anilines is 1. The van der Waals surface area contributed by atoms with Gasteiger partial charge in [-0.25, -0.2) is 4.98 Å². The van der Waals surface area contributed by atoms with Gasteiger partial charge in [0.2, 0.25) is 0 Å². The summed E-state index contributed by atoms with van der Waals surface area (Å²) in [6.07, 6.45) is 4.12. The van der Waals surface area contributed by atoms with Crippen LogP contribution in [0, 0.1) is 0 Å². The van der Waals surface area contributed by atoms with Crippen molar-refractivity contribution < 1.29 is 0 Å². The molecule has 1 aromatic carbocycles. The van der Waals surface area contributed by atoms with Crippen molar-refractivity contribution in [2.75, 3.05) is 5.32 Å². The Morgan fingerprint density at radius 2 is 1.95 bits per heavy atom. The lowest BCUT2D eigenvalue weighted by atomic mass is 9.76. The number of rotatable bonds is 3. The fraction of sp³-hybridized carbons (Fsp3) is 0.267. The van der Waals surface area contributed by atoms with E-state index in [2.05, 4.69) is 56.6 Å². The molecule has 0 bridgehead atoms. The van der Waals surface area contributed by atoms with Gasteiger partial charge in [-0.05, 0) is 46.3 Å². The predicted octanol–water partition coefficient (Wildman–Crippen LogP) is 4.86. The van der Waals surface area contributed by atoms with Crippen LogP contribution in [-0.2, 0) is 0 Å². The average molecular weight is 338 g/mol. The molecule has 0 unspecified atom stereocenters. The van der Waals surface area contributed by atoms with E-state index < -0.39 is 0 Å². The van der Waals surface area contributed by atoms with Crippen molar-refractivity contribution in [3.63, 3.8) is 0 Å². The number of nitrogens with one attached hydrogen (secondary N) is 1. The molecule has 2 aromatic rings. The van der Waals surface area contributed by atoms with E-state index in [0.717, 1.165) is 10.2 Å². The number of hydrogen-bond acceptors (Lipinski definition) is 2. The highest BCUT2D eigenvalue weighted by Gasteiger charge is 2.30. The highest BCUT2D eigenvalue weighted by molar-refractivity contribution is 9.10. The Kier molecular flexibility index (Phi) is 3.76. The van der Waals surface area contributed by atoms with Crippen LogP contribution in [0.2, 0.25) is 5.15 Å². The van der Waals surface area contributed by atoms with Crippen LogP contribution in [0.3, 0.4) is 0 Å². The number of pyridine rings is 1. The quantitative estimate of drug-likeness (QED) is 0.809. The fourth-order valence-electron chi connectivity index (χ4n) is 2.47. The van der Waals surface area contributed by atoms with Gasteiger partial charge in [0.1, 0.15) is 5.15 Å². The first-order valence-electron chi connectivity index (χ1n) is 6.35. The molecule has 0 spiro atoms. The van der Waals surface area contributed by atoms with Crippen LogP contribution in [0.4, 0.5) is 5.69 Å². The normalized spacial score (nSPS) is 21.8. The molecule has 0 amide bonds. The molecule has 1 heterocycles. The molecule has 98 valence electrons. The lowest BCUT2D eigenvalue weighted by Gasteiger charge is -2.36. The summed E-state index contributed by atoms with van der Waals surface area (Å²) in [4.78, 5) is 4.12. The summed E-state index contributed by atoms with van der Waals surface area (Å²) in [6, 6.07) is 13.2. The first-order valence-corrected chi connectivity index (χ1v) is 7.52. The Bertz CT molecular complexity index is 568. The summed E-state index contributed by atoms with van der Waals surface area (Å²) >= 11 is 9.27. The highest BCUT2D eigenvalue weighted by Crippen LogP contribution is 2.38. The molecule has 2 nitrogen and oxygen atoms in total. The van der Waals surface area contributed by atoms with E-state index in [1.807, 2.05) is 6.07 Å². The van der Waals surface area contributed by atoms with Gasteiger partial charge in [-0.3, -0.25) is 0 Å². The molecule has 0 atom stereocenters. The molecule has 3 rings (SSSR count). The molecule has 4 heteroatoms. The van der Waals surface area contributed by atoms with Crippen LogP contribution >= 0.6 is 27.5 Å². The molecule has 1 N–H and O–H groups in total. The maximum atomic E-state index is 5.88. The number of benzene rings is 1. The zero-order chi connectivity index (χ0) is 13.2. The Morgan fingerprint density at radius 3 is 2.63 bits per heavy atom. The second-order valence-electron chi connectivity index (χ2n) is 4.92. The zero-order valence-corrected chi connectivity index (χ0v) is 12.7. The summed E-state index contributed by atoms with van der Waals surface area (Å²) in [5, 5.41) is 4.00. The second kappa shape index (κ2) is 5.51. The first kappa shape index (κ1) is 12.9. The van der Waals surface area contributed by atoms with Gasteiger partial charge in [-0.2, -0.15) is 0 Å². The zero-order valence-electron chi connectivity index (χ0n) is 10.3. The van der Waals surface area contributed by atoms with E-state index in [9.17, 15) is 0 Å². The van der Waals surface area contributed by atoms with Crippen LogP contribution in [0.1, 0.15) is 24.3 Å². The number of hydrogen-bond donors (Lipinski definition) is 1. The highest BCUT2D eigenvalue weighted by atomic mass is 79.9. The molecule has 0 saturated heterocycles.